The number of aromatic amines is 1. The minimum absolute atomic E-state index is 0.0988. The largest absolute Gasteiger partial charge is 0.384 e. The predicted molar refractivity (Wildman–Crippen MR) is 70.0 cm³/mol. The number of benzene rings is 1. The van der Waals surface area contributed by atoms with Crippen LogP contribution in [0.15, 0.2) is 35.7 Å². The van der Waals surface area contributed by atoms with Crippen LogP contribution in [0.25, 0.3) is 0 Å². The van der Waals surface area contributed by atoms with E-state index in [2.05, 4.69) is 14.7 Å². The summed E-state index contributed by atoms with van der Waals surface area (Å²) in [5, 5.41) is 7.09. The Balaban J connectivity index is 2.14. The molecule has 0 saturated heterocycles. The monoisotopic (exact) mass is 297 g/mol. The van der Waals surface area contributed by atoms with Gasteiger partial charge in [0.15, 0.2) is 5.03 Å². The minimum atomic E-state index is -3.76. The van der Waals surface area contributed by atoms with Gasteiger partial charge in [-0.25, -0.2) is 22.5 Å². The molecule has 20 heavy (non-hydrogen) atoms. The summed E-state index contributed by atoms with van der Waals surface area (Å²) in [6.07, 6.45) is 2.38. The lowest BCUT2D eigenvalue weighted by molar-refractivity contribution is 0.571. The van der Waals surface area contributed by atoms with Gasteiger partial charge in [0.2, 0.25) is 0 Å². The van der Waals surface area contributed by atoms with Crippen LogP contribution in [0.5, 0.6) is 0 Å². The van der Waals surface area contributed by atoms with Gasteiger partial charge in [-0.05, 0) is 6.07 Å². The molecule has 7 nitrogen and oxygen atoms in total. The zero-order valence-electron chi connectivity index (χ0n) is 10.2. The number of halogens is 1. The Bertz CT molecular complexity index is 727. The molecular weight excluding hydrogens is 285 g/mol. The van der Waals surface area contributed by atoms with Crippen LogP contribution in [0.2, 0.25) is 0 Å². The summed E-state index contributed by atoms with van der Waals surface area (Å²) in [6, 6.07) is 3.91. The van der Waals surface area contributed by atoms with Gasteiger partial charge in [-0.3, -0.25) is 5.41 Å². The van der Waals surface area contributed by atoms with E-state index in [1.54, 1.807) is 0 Å². The standard InChI is InChI=1S/C11H12FN5O2S/c12-9-3-7(11(13)14)1-2-8(9)4-17-20(18,19)10-5-15-6-16-10/h1-3,5-6,17H,4H2,(H3,13,14)(H,15,16). The van der Waals surface area contributed by atoms with Crippen LogP contribution < -0.4 is 10.5 Å². The van der Waals surface area contributed by atoms with Crippen molar-refractivity contribution in [2.75, 3.05) is 0 Å². The molecule has 1 aromatic carbocycles. The first-order chi connectivity index (χ1) is 9.40. The lowest BCUT2D eigenvalue weighted by Crippen LogP contribution is -2.24. The summed E-state index contributed by atoms with van der Waals surface area (Å²) < 4.78 is 39.6. The third-order valence-corrected chi connectivity index (χ3v) is 3.91. The maximum atomic E-state index is 13.7. The molecule has 0 aliphatic carbocycles. The highest BCUT2D eigenvalue weighted by atomic mass is 32.2. The van der Waals surface area contributed by atoms with E-state index in [0.29, 0.717) is 0 Å². The fourth-order valence-electron chi connectivity index (χ4n) is 1.50. The Kier molecular flexibility index (Phi) is 3.81. The molecule has 0 aliphatic heterocycles. The van der Waals surface area contributed by atoms with Crippen LogP contribution in [0, 0.1) is 11.2 Å². The number of nitrogens with zero attached hydrogens (tertiary/aromatic N) is 1. The van der Waals surface area contributed by atoms with Crippen LogP contribution in [-0.4, -0.2) is 24.2 Å². The van der Waals surface area contributed by atoms with E-state index < -0.39 is 15.8 Å². The van der Waals surface area contributed by atoms with Crippen molar-refractivity contribution in [2.24, 2.45) is 5.73 Å². The van der Waals surface area contributed by atoms with Crippen LogP contribution in [-0.2, 0) is 16.6 Å². The third kappa shape index (κ3) is 3.00. The Morgan fingerprint density at radius 3 is 2.80 bits per heavy atom. The molecule has 0 amide bonds. The van der Waals surface area contributed by atoms with Crippen molar-refractivity contribution in [3.8, 4) is 0 Å². The van der Waals surface area contributed by atoms with E-state index in [1.807, 2.05) is 0 Å². The number of amidine groups is 1. The van der Waals surface area contributed by atoms with Crippen molar-refractivity contribution in [3.05, 3.63) is 47.7 Å². The van der Waals surface area contributed by atoms with Gasteiger partial charge >= 0.3 is 0 Å². The number of nitrogens with one attached hydrogen (secondary N) is 3. The van der Waals surface area contributed by atoms with Gasteiger partial charge in [0.05, 0.1) is 12.5 Å². The summed E-state index contributed by atoms with van der Waals surface area (Å²) in [7, 11) is -3.76. The summed E-state index contributed by atoms with van der Waals surface area (Å²) in [6.45, 7) is -0.217. The van der Waals surface area contributed by atoms with Crippen LogP contribution in [0.3, 0.4) is 0 Å². The molecule has 0 spiro atoms. The van der Waals surface area contributed by atoms with Crippen LogP contribution in [0.4, 0.5) is 4.39 Å². The first kappa shape index (κ1) is 14.2. The molecule has 0 atom stereocenters. The van der Waals surface area contributed by atoms with Crippen molar-refractivity contribution < 1.29 is 12.8 Å². The van der Waals surface area contributed by atoms with Crippen molar-refractivity contribution >= 4 is 15.9 Å². The van der Waals surface area contributed by atoms with E-state index >= 15 is 0 Å². The van der Waals surface area contributed by atoms with E-state index in [-0.39, 0.29) is 28.5 Å². The molecule has 0 bridgehead atoms. The number of hydrogen-bond donors (Lipinski definition) is 4. The van der Waals surface area contributed by atoms with Crippen molar-refractivity contribution in [2.45, 2.75) is 11.6 Å². The SMILES string of the molecule is N=C(N)c1ccc(CNS(=O)(=O)c2cnc[nH]2)c(F)c1. The highest BCUT2D eigenvalue weighted by Crippen LogP contribution is 2.11. The number of aromatic nitrogens is 2. The fraction of sp³-hybridized carbons (Fsp3) is 0.0909. The number of nitrogens with two attached hydrogens (primary N) is 1. The van der Waals surface area contributed by atoms with E-state index in [1.165, 1.54) is 18.5 Å². The molecule has 2 aromatic rings. The molecule has 0 saturated carbocycles. The van der Waals surface area contributed by atoms with E-state index in [0.717, 1.165) is 12.3 Å². The maximum Gasteiger partial charge on any atom is 0.257 e. The zero-order chi connectivity index (χ0) is 14.8. The number of rotatable bonds is 5. The van der Waals surface area contributed by atoms with Crippen molar-refractivity contribution in [1.82, 2.24) is 14.7 Å². The fourth-order valence-corrected chi connectivity index (χ4v) is 2.41. The van der Waals surface area contributed by atoms with Gasteiger partial charge in [0, 0.05) is 17.7 Å². The molecule has 2 rings (SSSR count). The average Bonchev–Trinajstić information content (AvgIpc) is 2.91. The molecular formula is C11H12FN5O2S. The Hall–Kier alpha value is -2.26. The highest BCUT2D eigenvalue weighted by molar-refractivity contribution is 7.89. The lowest BCUT2D eigenvalue weighted by Gasteiger charge is -2.07. The van der Waals surface area contributed by atoms with Crippen molar-refractivity contribution in [1.29, 1.82) is 5.41 Å². The molecule has 0 aliphatic rings. The molecule has 1 heterocycles. The van der Waals surface area contributed by atoms with Gasteiger partial charge in [0.1, 0.15) is 11.7 Å². The number of nitrogen functional groups attached to an aromatic ring is 1. The predicted octanol–water partition coefficient (Wildman–Crippen LogP) is 0.311. The summed E-state index contributed by atoms with van der Waals surface area (Å²) >= 11 is 0. The number of imidazole rings is 1. The van der Waals surface area contributed by atoms with Crippen molar-refractivity contribution in [3.63, 3.8) is 0 Å². The van der Waals surface area contributed by atoms with Crippen LogP contribution >= 0.6 is 0 Å². The van der Waals surface area contributed by atoms with Gasteiger partial charge in [-0.15, -0.1) is 0 Å². The molecule has 106 valence electrons. The number of H-pyrrole nitrogens is 1. The second kappa shape index (κ2) is 5.39. The molecule has 0 fully saturated rings. The molecule has 9 heteroatoms. The molecule has 5 N–H and O–H groups in total. The normalized spacial score (nSPS) is 11.4. The highest BCUT2D eigenvalue weighted by Gasteiger charge is 2.16. The molecule has 0 radical (unpaired) electrons. The zero-order valence-corrected chi connectivity index (χ0v) is 11.0. The summed E-state index contributed by atoms with van der Waals surface area (Å²) in [4.78, 5) is 6.06. The van der Waals surface area contributed by atoms with Gasteiger partial charge in [-0.2, -0.15) is 0 Å². The molecule has 1 aromatic heterocycles. The van der Waals surface area contributed by atoms with Gasteiger partial charge in [-0.1, -0.05) is 12.1 Å². The lowest BCUT2D eigenvalue weighted by atomic mass is 10.1. The number of sulfonamides is 1. The Labute approximate surface area is 114 Å². The van der Waals surface area contributed by atoms with Crippen LogP contribution in [0.1, 0.15) is 11.1 Å². The quantitative estimate of drug-likeness (QED) is 0.468. The second-order valence-corrected chi connectivity index (χ2v) is 5.70. The Morgan fingerprint density at radius 2 is 2.25 bits per heavy atom. The smallest absolute Gasteiger partial charge is 0.257 e. The third-order valence-electron chi connectivity index (χ3n) is 2.58. The van der Waals surface area contributed by atoms with E-state index in [9.17, 15) is 12.8 Å². The molecule has 0 unspecified atom stereocenters. The minimum Gasteiger partial charge on any atom is -0.384 e. The summed E-state index contributed by atoms with van der Waals surface area (Å²) in [5.41, 5.74) is 5.62. The average molecular weight is 297 g/mol. The first-order valence-electron chi connectivity index (χ1n) is 5.51. The second-order valence-electron chi connectivity index (χ2n) is 3.96. The van der Waals surface area contributed by atoms with E-state index in [4.69, 9.17) is 11.1 Å². The van der Waals surface area contributed by atoms with Gasteiger partial charge in [0.25, 0.3) is 10.0 Å². The Morgan fingerprint density at radius 1 is 1.50 bits per heavy atom. The van der Waals surface area contributed by atoms with Gasteiger partial charge < -0.3 is 10.7 Å². The topological polar surface area (TPSA) is 125 Å². The summed E-state index contributed by atoms with van der Waals surface area (Å²) in [5.74, 6) is -0.890. The first-order valence-corrected chi connectivity index (χ1v) is 6.99. The number of hydrogen-bond acceptors (Lipinski definition) is 4. The maximum absolute atomic E-state index is 13.7.